The molecule has 2 N–H and O–H groups in total. The summed E-state index contributed by atoms with van der Waals surface area (Å²) < 4.78 is 25.9. The van der Waals surface area contributed by atoms with E-state index in [0.29, 0.717) is 11.5 Å². The molecule has 0 aromatic heterocycles. The van der Waals surface area contributed by atoms with Gasteiger partial charge in [-0.1, -0.05) is 18.2 Å². The third-order valence-electron chi connectivity index (χ3n) is 3.82. The molecule has 130 valence electrons. The largest absolute Gasteiger partial charge is 0.370 e. The van der Waals surface area contributed by atoms with Gasteiger partial charge in [0.2, 0.25) is 10.0 Å². The van der Waals surface area contributed by atoms with Crippen molar-refractivity contribution in [3.8, 4) is 0 Å². The van der Waals surface area contributed by atoms with Gasteiger partial charge >= 0.3 is 0 Å². The van der Waals surface area contributed by atoms with Crippen molar-refractivity contribution in [2.75, 3.05) is 27.2 Å². The van der Waals surface area contributed by atoms with Crippen LogP contribution in [0, 0.1) is 0 Å². The zero-order valence-corrected chi connectivity index (χ0v) is 16.8. The second kappa shape index (κ2) is 8.84. The SMILES string of the molecule is CN(C)S(=O)(=O)c1ccccc1CN=C(N)N1CCCCC1.I. The van der Waals surface area contributed by atoms with E-state index in [2.05, 4.69) is 9.89 Å². The van der Waals surface area contributed by atoms with E-state index >= 15 is 0 Å². The van der Waals surface area contributed by atoms with Crippen LogP contribution in [0.4, 0.5) is 0 Å². The molecule has 0 saturated carbocycles. The summed E-state index contributed by atoms with van der Waals surface area (Å²) in [5.74, 6) is 0.497. The lowest BCUT2D eigenvalue weighted by molar-refractivity contribution is 0.338. The van der Waals surface area contributed by atoms with E-state index in [4.69, 9.17) is 5.73 Å². The van der Waals surface area contributed by atoms with Gasteiger partial charge in [-0.3, -0.25) is 0 Å². The van der Waals surface area contributed by atoms with E-state index in [1.165, 1.54) is 24.8 Å². The third kappa shape index (κ3) is 5.05. The van der Waals surface area contributed by atoms with Crippen molar-refractivity contribution in [1.29, 1.82) is 0 Å². The number of hydrogen-bond acceptors (Lipinski definition) is 3. The second-order valence-electron chi connectivity index (χ2n) is 5.62. The van der Waals surface area contributed by atoms with E-state index in [1.807, 2.05) is 6.07 Å². The Bertz CT molecular complexity index is 641. The van der Waals surface area contributed by atoms with E-state index in [-0.39, 0.29) is 35.4 Å². The molecule has 1 fully saturated rings. The Balaban J connectivity index is 0.00000264. The predicted octanol–water partition coefficient (Wildman–Crippen LogP) is 1.86. The number of nitrogens with zero attached hydrogens (tertiary/aromatic N) is 3. The van der Waals surface area contributed by atoms with Gasteiger partial charge in [-0.15, -0.1) is 24.0 Å². The van der Waals surface area contributed by atoms with Gasteiger partial charge in [-0.05, 0) is 30.9 Å². The first-order valence-electron chi connectivity index (χ1n) is 7.48. The Morgan fingerprint density at radius 3 is 2.43 bits per heavy atom. The zero-order chi connectivity index (χ0) is 16.2. The number of piperidine rings is 1. The summed E-state index contributed by atoms with van der Waals surface area (Å²) >= 11 is 0. The molecule has 23 heavy (non-hydrogen) atoms. The first-order valence-corrected chi connectivity index (χ1v) is 8.92. The monoisotopic (exact) mass is 452 g/mol. The van der Waals surface area contributed by atoms with Crippen molar-refractivity contribution in [3.63, 3.8) is 0 Å². The normalized spacial score (nSPS) is 16.3. The number of sulfonamides is 1. The molecule has 0 bridgehead atoms. The zero-order valence-electron chi connectivity index (χ0n) is 13.6. The van der Waals surface area contributed by atoms with Gasteiger partial charge in [0.05, 0.1) is 11.4 Å². The number of hydrogen-bond donors (Lipinski definition) is 1. The Kier molecular flexibility index (Phi) is 7.75. The summed E-state index contributed by atoms with van der Waals surface area (Å²) in [4.78, 5) is 6.74. The molecule has 1 heterocycles. The maximum Gasteiger partial charge on any atom is 0.242 e. The molecular formula is C15H25IN4O2S. The topological polar surface area (TPSA) is 79.0 Å². The first-order chi connectivity index (χ1) is 10.4. The molecule has 0 unspecified atom stereocenters. The van der Waals surface area contributed by atoms with Crippen molar-refractivity contribution >= 4 is 40.0 Å². The van der Waals surface area contributed by atoms with Crippen LogP contribution < -0.4 is 5.73 Å². The van der Waals surface area contributed by atoms with Crippen LogP contribution in [0.1, 0.15) is 24.8 Å². The number of aliphatic imine (C=N–C) groups is 1. The Hall–Kier alpha value is -0.870. The van der Waals surface area contributed by atoms with E-state index in [1.54, 1.807) is 18.2 Å². The van der Waals surface area contributed by atoms with Gasteiger partial charge < -0.3 is 10.6 Å². The highest BCUT2D eigenvalue weighted by molar-refractivity contribution is 14.0. The van der Waals surface area contributed by atoms with Gasteiger partial charge in [-0.25, -0.2) is 17.7 Å². The molecule has 8 heteroatoms. The molecule has 0 radical (unpaired) electrons. The fourth-order valence-electron chi connectivity index (χ4n) is 2.47. The summed E-state index contributed by atoms with van der Waals surface area (Å²) in [5, 5.41) is 0. The van der Waals surface area contributed by atoms with Crippen LogP contribution in [-0.4, -0.2) is 50.8 Å². The molecule has 1 aliphatic heterocycles. The highest BCUT2D eigenvalue weighted by atomic mass is 127. The first kappa shape index (κ1) is 20.2. The van der Waals surface area contributed by atoms with Crippen molar-refractivity contribution in [2.45, 2.75) is 30.7 Å². The van der Waals surface area contributed by atoms with Crippen LogP contribution in [0.2, 0.25) is 0 Å². The van der Waals surface area contributed by atoms with Crippen LogP contribution >= 0.6 is 24.0 Å². The minimum absolute atomic E-state index is 0. The molecule has 6 nitrogen and oxygen atoms in total. The maximum absolute atomic E-state index is 12.3. The van der Waals surface area contributed by atoms with Crippen molar-refractivity contribution < 1.29 is 8.42 Å². The smallest absolute Gasteiger partial charge is 0.242 e. The summed E-state index contributed by atoms with van der Waals surface area (Å²) in [5.41, 5.74) is 6.69. The van der Waals surface area contributed by atoms with Crippen molar-refractivity contribution in [1.82, 2.24) is 9.21 Å². The quantitative estimate of drug-likeness (QED) is 0.430. The molecule has 0 atom stereocenters. The lowest BCUT2D eigenvalue weighted by Crippen LogP contribution is -2.40. The molecule has 1 aliphatic rings. The second-order valence-corrected chi connectivity index (χ2v) is 7.74. The highest BCUT2D eigenvalue weighted by Gasteiger charge is 2.20. The van der Waals surface area contributed by atoms with Crippen LogP contribution in [0.5, 0.6) is 0 Å². The van der Waals surface area contributed by atoms with Gasteiger partial charge in [0.1, 0.15) is 0 Å². The van der Waals surface area contributed by atoms with E-state index < -0.39 is 10.0 Å². The van der Waals surface area contributed by atoms with Gasteiger partial charge in [-0.2, -0.15) is 0 Å². The Labute approximate surface area is 155 Å². The van der Waals surface area contributed by atoms with Crippen LogP contribution in [0.15, 0.2) is 34.2 Å². The average Bonchev–Trinajstić information content (AvgIpc) is 2.53. The average molecular weight is 452 g/mol. The van der Waals surface area contributed by atoms with E-state index in [9.17, 15) is 8.42 Å². The lowest BCUT2D eigenvalue weighted by atomic mass is 10.1. The molecular weight excluding hydrogens is 427 g/mol. The third-order valence-corrected chi connectivity index (χ3v) is 5.74. The van der Waals surface area contributed by atoms with Gasteiger partial charge in [0.15, 0.2) is 5.96 Å². The minimum Gasteiger partial charge on any atom is -0.370 e. The maximum atomic E-state index is 12.3. The lowest BCUT2D eigenvalue weighted by Gasteiger charge is -2.27. The summed E-state index contributed by atoms with van der Waals surface area (Å²) in [6.45, 7) is 2.12. The molecule has 1 aromatic carbocycles. The predicted molar refractivity (Wildman–Crippen MR) is 103 cm³/mol. The fourth-order valence-corrected chi connectivity index (χ4v) is 3.58. The summed E-state index contributed by atoms with van der Waals surface area (Å²) in [6.07, 6.45) is 3.48. The van der Waals surface area contributed by atoms with Crippen molar-refractivity contribution in [3.05, 3.63) is 29.8 Å². The molecule has 2 rings (SSSR count). The Morgan fingerprint density at radius 1 is 1.22 bits per heavy atom. The van der Waals surface area contributed by atoms with Gasteiger partial charge in [0.25, 0.3) is 0 Å². The highest BCUT2D eigenvalue weighted by Crippen LogP contribution is 2.19. The minimum atomic E-state index is -3.47. The standard InChI is InChI=1S/C15H24N4O2S.HI/c1-18(2)22(20,21)14-9-5-4-8-13(14)12-17-15(16)19-10-6-3-7-11-19;/h4-5,8-9H,3,6-7,10-12H2,1-2H3,(H2,16,17);1H. The van der Waals surface area contributed by atoms with Crippen molar-refractivity contribution in [2.24, 2.45) is 10.7 Å². The van der Waals surface area contributed by atoms with E-state index in [0.717, 1.165) is 25.9 Å². The van der Waals surface area contributed by atoms with Crippen LogP contribution in [0.25, 0.3) is 0 Å². The van der Waals surface area contributed by atoms with Crippen LogP contribution in [0.3, 0.4) is 0 Å². The molecule has 1 aromatic rings. The number of nitrogens with two attached hydrogens (primary N) is 1. The molecule has 0 aliphatic carbocycles. The number of guanidine groups is 1. The number of rotatable bonds is 4. The fraction of sp³-hybridized carbons (Fsp3) is 0.533. The summed E-state index contributed by atoms with van der Waals surface area (Å²) in [7, 11) is -0.420. The van der Waals surface area contributed by atoms with Crippen LogP contribution in [-0.2, 0) is 16.6 Å². The molecule has 0 amide bonds. The number of likely N-dealkylation sites (tertiary alicyclic amines) is 1. The molecule has 0 spiro atoms. The number of benzene rings is 1. The number of halogens is 1. The summed E-state index contributed by atoms with van der Waals surface area (Å²) in [6, 6.07) is 6.93. The van der Waals surface area contributed by atoms with Gasteiger partial charge in [0, 0.05) is 27.2 Å². The molecule has 1 saturated heterocycles. The Morgan fingerprint density at radius 2 is 1.83 bits per heavy atom.